The van der Waals surface area contributed by atoms with Crippen LogP contribution < -0.4 is 5.32 Å². The van der Waals surface area contributed by atoms with E-state index >= 15 is 0 Å². The number of nitrogens with one attached hydrogen (secondary N) is 1. The second-order valence-corrected chi connectivity index (χ2v) is 6.04. The van der Waals surface area contributed by atoms with Crippen molar-refractivity contribution in [2.24, 2.45) is 0 Å². The van der Waals surface area contributed by atoms with Gasteiger partial charge in [0, 0.05) is 23.5 Å². The topological polar surface area (TPSA) is 15.3 Å². The molecule has 0 radical (unpaired) electrons. The van der Waals surface area contributed by atoms with Crippen LogP contribution in [0.25, 0.3) is 0 Å². The summed E-state index contributed by atoms with van der Waals surface area (Å²) < 4.78 is 0.891. The van der Waals surface area contributed by atoms with Gasteiger partial charge in [0.1, 0.15) is 0 Å². The van der Waals surface area contributed by atoms with E-state index in [-0.39, 0.29) is 0 Å². The molecule has 1 aliphatic rings. The lowest BCUT2D eigenvalue weighted by Gasteiger charge is -2.32. The molecule has 0 bridgehead atoms. The van der Waals surface area contributed by atoms with Crippen LogP contribution in [0.15, 0.2) is 12.1 Å². The fourth-order valence-electron chi connectivity index (χ4n) is 2.49. The molecule has 2 rings (SSSR count). The molecule has 1 aromatic heterocycles. The zero-order valence-corrected chi connectivity index (χ0v) is 11.4. The molecular formula is C12H19ClN2S. The van der Waals surface area contributed by atoms with Gasteiger partial charge in [-0.15, -0.1) is 11.3 Å². The molecule has 1 saturated heterocycles. The van der Waals surface area contributed by atoms with Gasteiger partial charge in [-0.2, -0.15) is 0 Å². The van der Waals surface area contributed by atoms with E-state index in [9.17, 15) is 0 Å². The Labute approximate surface area is 107 Å². The maximum atomic E-state index is 6.00. The molecule has 0 saturated carbocycles. The Kier molecular flexibility index (Phi) is 4.25. The van der Waals surface area contributed by atoms with Crippen molar-refractivity contribution in [1.82, 2.24) is 10.2 Å². The average molecular weight is 259 g/mol. The zero-order chi connectivity index (χ0) is 11.5. The Hall–Kier alpha value is -0.0900. The molecule has 2 nitrogen and oxygen atoms in total. The fraction of sp³-hybridized carbons (Fsp3) is 0.667. The summed E-state index contributed by atoms with van der Waals surface area (Å²) in [5.41, 5.74) is 0. The number of hydrogen-bond acceptors (Lipinski definition) is 3. The molecule has 2 unspecified atom stereocenters. The lowest BCUT2D eigenvalue weighted by Crippen LogP contribution is -2.38. The Bertz CT molecular complexity index is 334. The molecule has 1 aliphatic heterocycles. The van der Waals surface area contributed by atoms with Gasteiger partial charge in [0.15, 0.2) is 0 Å². The van der Waals surface area contributed by atoms with Gasteiger partial charge in [0.2, 0.25) is 0 Å². The lowest BCUT2D eigenvalue weighted by atomic mass is 10.1. The van der Waals surface area contributed by atoms with Gasteiger partial charge in [0.25, 0.3) is 0 Å². The molecule has 0 aliphatic carbocycles. The van der Waals surface area contributed by atoms with Crippen LogP contribution in [0.2, 0.25) is 4.34 Å². The first-order valence-corrected chi connectivity index (χ1v) is 7.13. The highest BCUT2D eigenvalue weighted by atomic mass is 35.5. The average Bonchev–Trinajstić information content (AvgIpc) is 2.90. The molecule has 1 fully saturated rings. The predicted molar refractivity (Wildman–Crippen MR) is 71.4 cm³/mol. The molecule has 16 heavy (non-hydrogen) atoms. The van der Waals surface area contributed by atoms with Crippen molar-refractivity contribution < 1.29 is 0 Å². The molecule has 0 spiro atoms. The molecule has 2 heterocycles. The Morgan fingerprint density at radius 3 is 2.94 bits per heavy atom. The smallest absolute Gasteiger partial charge is 0.0931 e. The van der Waals surface area contributed by atoms with Gasteiger partial charge < -0.3 is 5.32 Å². The van der Waals surface area contributed by atoms with Gasteiger partial charge >= 0.3 is 0 Å². The quantitative estimate of drug-likeness (QED) is 0.893. The minimum Gasteiger partial charge on any atom is -0.315 e. The van der Waals surface area contributed by atoms with Crippen molar-refractivity contribution in [3.63, 3.8) is 0 Å². The van der Waals surface area contributed by atoms with Crippen LogP contribution in [0.3, 0.4) is 0 Å². The second kappa shape index (κ2) is 5.50. The lowest BCUT2D eigenvalue weighted by molar-refractivity contribution is 0.165. The van der Waals surface area contributed by atoms with Gasteiger partial charge in [-0.25, -0.2) is 0 Å². The molecule has 1 aromatic rings. The van der Waals surface area contributed by atoms with Gasteiger partial charge in [-0.05, 0) is 38.6 Å². The summed E-state index contributed by atoms with van der Waals surface area (Å²) in [6.07, 6.45) is 1.26. The number of hydrogen-bond donors (Lipinski definition) is 1. The van der Waals surface area contributed by atoms with Crippen LogP contribution in [-0.4, -0.2) is 30.6 Å². The van der Waals surface area contributed by atoms with Crippen molar-refractivity contribution in [3.8, 4) is 0 Å². The van der Waals surface area contributed by atoms with Crippen LogP contribution in [0.4, 0.5) is 0 Å². The number of nitrogens with zero attached hydrogens (tertiary/aromatic N) is 1. The molecule has 4 heteroatoms. The minimum absolute atomic E-state index is 0.479. The zero-order valence-electron chi connectivity index (χ0n) is 9.87. The maximum Gasteiger partial charge on any atom is 0.0931 e. The first-order chi connectivity index (χ1) is 7.72. The van der Waals surface area contributed by atoms with Gasteiger partial charge in [-0.3, -0.25) is 4.90 Å². The SMILES string of the molecule is CCN(C1CCNC1)C(C)c1ccc(Cl)s1. The molecule has 0 amide bonds. The molecular weight excluding hydrogens is 240 g/mol. The normalized spacial score (nSPS) is 22.9. The van der Waals surface area contributed by atoms with Crippen molar-refractivity contribution in [3.05, 3.63) is 21.3 Å². The Balaban J connectivity index is 2.08. The third-order valence-corrected chi connectivity index (χ3v) is 4.77. The van der Waals surface area contributed by atoms with E-state index in [2.05, 4.69) is 30.1 Å². The van der Waals surface area contributed by atoms with Crippen LogP contribution >= 0.6 is 22.9 Å². The standard InChI is InChI=1S/C12H19ClN2S/c1-3-15(10-6-7-14-8-10)9(2)11-4-5-12(13)16-11/h4-5,9-10,14H,3,6-8H2,1-2H3. The summed E-state index contributed by atoms with van der Waals surface area (Å²) in [4.78, 5) is 3.95. The second-order valence-electron chi connectivity index (χ2n) is 4.29. The summed E-state index contributed by atoms with van der Waals surface area (Å²) in [5.74, 6) is 0. The summed E-state index contributed by atoms with van der Waals surface area (Å²) in [6, 6.07) is 5.31. The highest BCUT2D eigenvalue weighted by molar-refractivity contribution is 7.16. The van der Waals surface area contributed by atoms with E-state index in [0.717, 1.165) is 24.0 Å². The summed E-state index contributed by atoms with van der Waals surface area (Å²) >= 11 is 7.70. The highest BCUT2D eigenvalue weighted by Gasteiger charge is 2.26. The van der Waals surface area contributed by atoms with Crippen LogP contribution in [0.1, 0.15) is 31.2 Å². The summed E-state index contributed by atoms with van der Waals surface area (Å²) in [7, 11) is 0. The van der Waals surface area contributed by atoms with E-state index in [1.807, 2.05) is 6.07 Å². The minimum atomic E-state index is 0.479. The number of halogens is 1. The third-order valence-electron chi connectivity index (χ3n) is 3.37. The van der Waals surface area contributed by atoms with Crippen LogP contribution in [0, 0.1) is 0 Å². The van der Waals surface area contributed by atoms with E-state index in [0.29, 0.717) is 12.1 Å². The first-order valence-electron chi connectivity index (χ1n) is 5.94. The van der Waals surface area contributed by atoms with E-state index in [1.54, 1.807) is 11.3 Å². The number of thiophene rings is 1. The first kappa shape index (κ1) is 12.4. The van der Waals surface area contributed by atoms with Crippen molar-refractivity contribution in [2.45, 2.75) is 32.4 Å². The van der Waals surface area contributed by atoms with Gasteiger partial charge in [0.05, 0.1) is 4.34 Å². The van der Waals surface area contributed by atoms with E-state index in [1.165, 1.54) is 11.3 Å². The third kappa shape index (κ3) is 2.59. The van der Waals surface area contributed by atoms with Gasteiger partial charge in [-0.1, -0.05) is 18.5 Å². The van der Waals surface area contributed by atoms with E-state index < -0.39 is 0 Å². The highest BCUT2D eigenvalue weighted by Crippen LogP contribution is 2.31. The van der Waals surface area contributed by atoms with Crippen molar-refractivity contribution in [1.29, 1.82) is 0 Å². The fourth-order valence-corrected chi connectivity index (χ4v) is 3.62. The molecule has 2 atom stereocenters. The van der Waals surface area contributed by atoms with E-state index in [4.69, 9.17) is 11.6 Å². The van der Waals surface area contributed by atoms with Crippen molar-refractivity contribution >= 4 is 22.9 Å². The maximum absolute atomic E-state index is 6.00. The van der Waals surface area contributed by atoms with Crippen LogP contribution in [0.5, 0.6) is 0 Å². The van der Waals surface area contributed by atoms with Crippen molar-refractivity contribution in [2.75, 3.05) is 19.6 Å². The molecule has 90 valence electrons. The summed E-state index contributed by atoms with van der Waals surface area (Å²) in [5, 5.41) is 3.43. The monoisotopic (exact) mass is 258 g/mol. The van der Waals surface area contributed by atoms with Crippen LogP contribution in [-0.2, 0) is 0 Å². The predicted octanol–water partition coefficient (Wildman–Crippen LogP) is 3.15. The molecule has 0 aromatic carbocycles. The number of rotatable bonds is 4. The Morgan fingerprint density at radius 2 is 2.44 bits per heavy atom. The summed E-state index contributed by atoms with van der Waals surface area (Å²) in [6.45, 7) is 7.90. The Morgan fingerprint density at radius 1 is 1.62 bits per heavy atom. The largest absolute Gasteiger partial charge is 0.315 e. The molecule has 1 N–H and O–H groups in total. The number of likely N-dealkylation sites (N-methyl/N-ethyl adjacent to an activating group) is 1.